The summed E-state index contributed by atoms with van der Waals surface area (Å²) in [4.78, 5) is 10.8. The van der Waals surface area contributed by atoms with Crippen molar-refractivity contribution in [1.29, 1.82) is 0 Å². The van der Waals surface area contributed by atoms with Gasteiger partial charge in [0.15, 0.2) is 5.78 Å². The van der Waals surface area contributed by atoms with Gasteiger partial charge in [0.25, 0.3) is 0 Å². The Bertz CT molecular complexity index is 144. The Morgan fingerprint density at radius 1 is 1.64 bits per heavy atom. The second-order valence-corrected chi connectivity index (χ2v) is 2.74. The molecule has 0 saturated heterocycles. The van der Waals surface area contributed by atoms with Gasteiger partial charge in [0.2, 0.25) is 0 Å². The quantitative estimate of drug-likeness (QED) is 0.606. The molecule has 0 aromatic heterocycles. The molecule has 1 aliphatic carbocycles. The topological polar surface area (TPSA) is 35.5 Å². The minimum absolute atomic E-state index is 0.0208. The van der Waals surface area contributed by atoms with Crippen molar-refractivity contribution in [1.82, 2.24) is 0 Å². The fraction of sp³-hybridized carbons (Fsp3) is 0.875. The van der Waals surface area contributed by atoms with Crippen LogP contribution in [0.4, 0.5) is 0 Å². The number of methoxy groups -OCH3 is 1. The molecule has 1 fully saturated rings. The minimum atomic E-state index is -0.290. The lowest BCUT2D eigenvalue weighted by Gasteiger charge is -2.33. The summed E-state index contributed by atoms with van der Waals surface area (Å²) in [5.74, 6) is 0.161. The third-order valence-electron chi connectivity index (χ3n) is 1.85. The van der Waals surface area contributed by atoms with E-state index in [-0.39, 0.29) is 18.0 Å². The van der Waals surface area contributed by atoms with Gasteiger partial charge in [-0.1, -0.05) is 6.92 Å². The summed E-state index contributed by atoms with van der Waals surface area (Å²) in [6.07, 6.45) is 1.24. The molecular formula is C8H14O3. The highest BCUT2D eigenvalue weighted by atomic mass is 16.5. The molecule has 0 aromatic rings. The molecule has 0 radical (unpaired) electrons. The van der Waals surface area contributed by atoms with Crippen LogP contribution in [0.2, 0.25) is 0 Å². The van der Waals surface area contributed by atoms with Crippen LogP contribution >= 0.6 is 0 Å². The van der Waals surface area contributed by atoms with E-state index >= 15 is 0 Å². The van der Waals surface area contributed by atoms with Crippen molar-refractivity contribution in [2.45, 2.75) is 32.0 Å². The molecule has 2 atom stereocenters. The maximum atomic E-state index is 10.8. The molecule has 1 rings (SSSR count). The third kappa shape index (κ3) is 1.79. The van der Waals surface area contributed by atoms with E-state index < -0.39 is 0 Å². The molecule has 3 heteroatoms. The van der Waals surface area contributed by atoms with Gasteiger partial charge in [0.1, 0.15) is 6.10 Å². The molecule has 0 heterocycles. The molecule has 0 N–H and O–H groups in total. The lowest BCUT2D eigenvalue weighted by atomic mass is 9.90. The summed E-state index contributed by atoms with van der Waals surface area (Å²) >= 11 is 0. The van der Waals surface area contributed by atoms with E-state index in [1.54, 1.807) is 7.11 Å². The molecule has 0 aliphatic heterocycles. The number of hydrogen-bond donors (Lipinski definition) is 0. The number of hydrogen-bond acceptors (Lipinski definition) is 3. The van der Waals surface area contributed by atoms with Crippen LogP contribution in [0, 0.1) is 0 Å². The van der Waals surface area contributed by atoms with E-state index in [1.807, 2.05) is 6.92 Å². The maximum absolute atomic E-state index is 10.8. The Kier molecular flexibility index (Phi) is 3.02. The number of carbonyl (C=O) groups is 1. The van der Waals surface area contributed by atoms with Crippen LogP contribution < -0.4 is 0 Å². The Balaban J connectivity index is 2.21. The van der Waals surface area contributed by atoms with Crippen LogP contribution in [0.25, 0.3) is 0 Å². The molecule has 0 bridgehead atoms. The fourth-order valence-electron chi connectivity index (χ4n) is 1.17. The first kappa shape index (κ1) is 8.68. The second-order valence-electron chi connectivity index (χ2n) is 2.74. The molecule has 2 unspecified atom stereocenters. The largest absolute Gasteiger partial charge is 0.375 e. The van der Waals surface area contributed by atoms with Gasteiger partial charge in [0.05, 0.1) is 6.10 Å². The Morgan fingerprint density at radius 2 is 2.36 bits per heavy atom. The van der Waals surface area contributed by atoms with E-state index in [0.717, 1.165) is 13.0 Å². The number of ketones is 1. The summed E-state index contributed by atoms with van der Waals surface area (Å²) in [6, 6.07) is 0. The first-order valence-corrected chi connectivity index (χ1v) is 3.96. The summed E-state index contributed by atoms with van der Waals surface area (Å²) in [5.41, 5.74) is 0. The van der Waals surface area contributed by atoms with Gasteiger partial charge in [-0.05, 0) is 6.42 Å². The van der Waals surface area contributed by atoms with E-state index in [0.29, 0.717) is 6.42 Å². The Labute approximate surface area is 66.7 Å². The van der Waals surface area contributed by atoms with Crippen molar-refractivity contribution in [2.75, 3.05) is 13.7 Å². The normalized spacial score (nSPS) is 30.2. The molecule has 64 valence electrons. The number of carbonyl (C=O) groups excluding carboxylic acids is 1. The van der Waals surface area contributed by atoms with Gasteiger partial charge in [-0.25, -0.2) is 0 Å². The molecule has 1 aliphatic rings. The average molecular weight is 158 g/mol. The van der Waals surface area contributed by atoms with Crippen LogP contribution in [0.5, 0.6) is 0 Å². The van der Waals surface area contributed by atoms with E-state index in [9.17, 15) is 4.79 Å². The summed E-state index contributed by atoms with van der Waals surface area (Å²) in [6.45, 7) is 2.76. The van der Waals surface area contributed by atoms with Crippen LogP contribution in [0.3, 0.4) is 0 Å². The van der Waals surface area contributed by atoms with E-state index in [1.165, 1.54) is 0 Å². The molecule has 3 nitrogen and oxygen atoms in total. The zero-order valence-electron chi connectivity index (χ0n) is 7.00. The number of rotatable bonds is 4. The molecule has 0 amide bonds. The van der Waals surface area contributed by atoms with Crippen molar-refractivity contribution >= 4 is 5.78 Å². The molecular weight excluding hydrogens is 144 g/mol. The highest BCUT2D eigenvalue weighted by Gasteiger charge is 2.40. The molecule has 0 spiro atoms. The maximum Gasteiger partial charge on any atom is 0.166 e. The number of ether oxygens (including phenoxy) is 2. The van der Waals surface area contributed by atoms with Crippen LogP contribution in [0.15, 0.2) is 0 Å². The minimum Gasteiger partial charge on any atom is -0.375 e. The predicted octanol–water partition coefficient (Wildman–Crippen LogP) is 0.769. The van der Waals surface area contributed by atoms with Crippen LogP contribution in [-0.2, 0) is 14.3 Å². The van der Waals surface area contributed by atoms with Crippen molar-refractivity contribution < 1.29 is 14.3 Å². The first-order valence-electron chi connectivity index (χ1n) is 3.96. The van der Waals surface area contributed by atoms with Gasteiger partial charge in [-0.2, -0.15) is 0 Å². The van der Waals surface area contributed by atoms with Gasteiger partial charge in [-0.15, -0.1) is 0 Å². The first-order chi connectivity index (χ1) is 5.29. The van der Waals surface area contributed by atoms with Crippen molar-refractivity contribution in [3.63, 3.8) is 0 Å². The summed E-state index contributed by atoms with van der Waals surface area (Å²) in [7, 11) is 1.55. The average Bonchev–Trinajstić information content (AvgIpc) is 1.98. The zero-order valence-corrected chi connectivity index (χ0v) is 7.00. The van der Waals surface area contributed by atoms with Crippen molar-refractivity contribution in [3.05, 3.63) is 0 Å². The fourth-order valence-corrected chi connectivity index (χ4v) is 1.17. The lowest BCUT2D eigenvalue weighted by Crippen LogP contribution is -2.49. The highest BCUT2D eigenvalue weighted by Crippen LogP contribution is 2.22. The van der Waals surface area contributed by atoms with E-state index in [4.69, 9.17) is 9.47 Å². The Morgan fingerprint density at radius 3 is 2.82 bits per heavy atom. The highest BCUT2D eigenvalue weighted by molar-refractivity contribution is 5.90. The predicted molar refractivity (Wildman–Crippen MR) is 40.5 cm³/mol. The van der Waals surface area contributed by atoms with Crippen LogP contribution in [0.1, 0.15) is 19.8 Å². The smallest absolute Gasteiger partial charge is 0.166 e. The van der Waals surface area contributed by atoms with Gasteiger partial charge >= 0.3 is 0 Å². The van der Waals surface area contributed by atoms with Gasteiger partial charge in [0, 0.05) is 20.1 Å². The van der Waals surface area contributed by atoms with Gasteiger partial charge < -0.3 is 9.47 Å². The van der Waals surface area contributed by atoms with Gasteiger partial charge in [-0.3, -0.25) is 4.79 Å². The lowest BCUT2D eigenvalue weighted by molar-refractivity contribution is -0.161. The summed E-state index contributed by atoms with van der Waals surface area (Å²) in [5, 5.41) is 0. The summed E-state index contributed by atoms with van der Waals surface area (Å²) < 4.78 is 10.3. The standard InChI is InChI=1S/C8H14O3/c1-3-4-11-7-5-6(9)8(7)10-2/h7-8H,3-5H2,1-2H3. The van der Waals surface area contributed by atoms with Crippen molar-refractivity contribution in [3.8, 4) is 0 Å². The van der Waals surface area contributed by atoms with E-state index in [2.05, 4.69) is 0 Å². The monoisotopic (exact) mass is 158 g/mol. The molecule has 11 heavy (non-hydrogen) atoms. The van der Waals surface area contributed by atoms with Crippen molar-refractivity contribution in [2.24, 2.45) is 0 Å². The number of Topliss-reactive ketones (excluding diaryl/α,β-unsaturated/α-hetero) is 1. The third-order valence-corrected chi connectivity index (χ3v) is 1.85. The SMILES string of the molecule is CCCOC1CC(=O)C1OC. The zero-order chi connectivity index (χ0) is 8.27. The second kappa shape index (κ2) is 3.83. The Hall–Kier alpha value is -0.410. The van der Waals surface area contributed by atoms with Crippen LogP contribution in [-0.4, -0.2) is 31.7 Å². The molecule has 1 saturated carbocycles. The molecule has 0 aromatic carbocycles.